The summed E-state index contributed by atoms with van der Waals surface area (Å²) in [6.07, 6.45) is 2.02. The molecular weight excluding hydrogens is 509 g/mol. The second kappa shape index (κ2) is 11.9. The van der Waals surface area contributed by atoms with E-state index >= 15 is 0 Å². The third kappa shape index (κ3) is 7.26. The molecule has 2 heterocycles. The van der Waals surface area contributed by atoms with Crippen molar-refractivity contribution in [2.24, 2.45) is 4.99 Å². The molecule has 2 N–H and O–H groups in total. The summed E-state index contributed by atoms with van der Waals surface area (Å²) in [6, 6.07) is 6.94. The lowest BCUT2D eigenvalue weighted by Crippen LogP contribution is -2.51. The van der Waals surface area contributed by atoms with Crippen LogP contribution in [0.25, 0.3) is 0 Å². The fourth-order valence-electron chi connectivity index (χ4n) is 3.24. The van der Waals surface area contributed by atoms with E-state index in [1.165, 1.54) is 0 Å². The summed E-state index contributed by atoms with van der Waals surface area (Å²) < 4.78 is 34.0. The molecule has 1 unspecified atom stereocenters. The highest BCUT2D eigenvalue weighted by molar-refractivity contribution is 14.0. The lowest BCUT2D eigenvalue weighted by Gasteiger charge is -2.35. The van der Waals surface area contributed by atoms with Crippen molar-refractivity contribution >= 4 is 35.6 Å². The number of ether oxygens (including phenoxy) is 1. The van der Waals surface area contributed by atoms with E-state index in [1.54, 1.807) is 31.2 Å². The molecule has 1 fully saturated rings. The van der Waals surface area contributed by atoms with Crippen molar-refractivity contribution < 1.29 is 18.0 Å². The molecule has 3 rings (SSSR count). The molecule has 1 aliphatic rings. The zero-order valence-corrected chi connectivity index (χ0v) is 19.3. The Morgan fingerprint density at radius 3 is 2.77 bits per heavy atom. The smallest absolute Gasteiger partial charge is 0.387 e. The van der Waals surface area contributed by atoms with Crippen LogP contribution in [0.3, 0.4) is 0 Å². The van der Waals surface area contributed by atoms with Crippen molar-refractivity contribution in [2.75, 3.05) is 24.5 Å². The maximum absolute atomic E-state index is 12.3. The Kier molecular flexibility index (Phi) is 9.53. The minimum Gasteiger partial charge on any atom is -0.435 e. The minimum absolute atomic E-state index is 0. The van der Waals surface area contributed by atoms with Gasteiger partial charge in [0.25, 0.3) is 0 Å². The number of halogens is 3. The van der Waals surface area contributed by atoms with Crippen molar-refractivity contribution in [1.82, 2.24) is 20.8 Å². The largest absolute Gasteiger partial charge is 0.435 e. The number of hydrogen-bond donors (Lipinski definition) is 2. The lowest BCUT2D eigenvalue weighted by atomic mass is 10.0. The third-order valence-corrected chi connectivity index (χ3v) is 4.48. The van der Waals surface area contributed by atoms with Gasteiger partial charge in [0.1, 0.15) is 12.3 Å². The summed E-state index contributed by atoms with van der Waals surface area (Å²) in [5.41, 5.74) is 0.974. The van der Waals surface area contributed by atoms with Crippen LogP contribution in [0.4, 0.5) is 14.5 Å². The molecule has 0 spiro atoms. The SMILES string of the molecule is CCNC(=NCc1noc(C)n1)NC1CCCN(c2ccc(OC(F)F)cc2)C1.I. The van der Waals surface area contributed by atoms with Crippen LogP contribution in [-0.4, -0.2) is 48.4 Å². The fourth-order valence-corrected chi connectivity index (χ4v) is 3.24. The quantitative estimate of drug-likeness (QED) is 0.319. The van der Waals surface area contributed by atoms with Crippen LogP contribution in [0, 0.1) is 6.92 Å². The fraction of sp³-hybridized carbons (Fsp3) is 0.526. The van der Waals surface area contributed by atoms with Crippen molar-refractivity contribution in [2.45, 2.75) is 45.9 Å². The molecule has 1 aromatic heterocycles. The zero-order valence-electron chi connectivity index (χ0n) is 17.0. The van der Waals surface area contributed by atoms with Crippen LogP contribution in [-0.2, 0) is 6.54 Å². The summed E-state index contributed by atoms with van der Waals surface area (Å²) in [5, 5.41) is 10.5. The second-order valence-corrected chi connectivity index (χ2v) is 6.73. The normalized spacial score (nSPS) is 16.9. The molecule has 0 saturated carbocycles. The van der Waals surface area contributed by atoms with Gasteiger partial charge in [-0.15, -0.1) is 24.0 Å². The van der Waals surface area contributed by atoms with E-state index in [0.29, 0.717) is 24.2 Å². The lowest BCUT2D eigenvalue weighted by molar-refractivity contribution is -0.0498. The van der Waals surface area contributed by atoms with Crippen LogP contribution in [0.1, 0.15) is 31.5 Å². The Balaban J connectivity index is 0.00000320. The van der Waals surface area contributed by atoms with Gasteiger partial charge in [-0.3, -0.25) is 0 Å². The summed E-state index contributed by atoms with van der Waals surface area (Å²) in [5.74, 6) is 1.91. The first-order valence-corrected chi connectivity index (χ1v) is 9.67. The van der Waals surface area contributed by atoms with E-state index in [4.69, 9.17) is 4.52 Å². The van der Waals surface area contributed by atoms with Gasteiger partial charge in [0.2, 0.25) is 5.89 Å². The molecule has 1 aromatic carbocycles. The molecule has 0 amide bonds. The first-order valence-electron chi connectivity index (χ1n) is 9.67. The van der Waals surface area contributed by atoms with Crippen molar-refractivity contribution in [1.29, 1.82) is 0 Å². The zero-order chi connectivity index (χ0) is 20.6. The molecule has 30 heavy (non-hydrogen) atoms. The maximum atomic E-state index is 12.3. The van der Waals surface area contributed by atoms with E-state index in [0.717, 1.165) is 38.2 Å². The van der Waals surface area contributed by atoms with Gasteiger partial charge < -0.3 is 24.8 Å². The summed E-state index contributed by atoms with van der Waals surface area (Å²) in [7, 11) is 0. The molecular formula is C19H27F2IN6O2. The number of alkyl halides is 2. The molecule has 0 bridgehead atoms. The Bertz CT molecular complexity index is 803. The molecule has 1 saturated heterocycles. The van der Waals surface area contributed by atoms with E-state index in [1.807, 2.05) is 6.92 Å². The second-order valence-electron chi connectivity index (χ2n) is 6.73. The Morgan fingerprint density at radius 1 is 1.37 bits per heavy atom. The van der Waals surface area contributed by atoms with Crippen LogP contribution in [0.2, 0.25) is 0 Å². The summed E-state index contributed by atoms with van der Waals surface area (Å²) >= 11 is 0. The minimum atomic E-state index is -2.82. The van der Waals surface area contributed by atoms with Gasteiger partial charge in [0.05, 0.1) is 0 Å². The highest BCUT2D eigenvalue weighted by Crippen LogP contribution is 2.23. The summed E-state index contributed by atoms with van der Waals surface area (Å²) in [6.45, 7) is 3.68. The van der Waals surface area contributed by atoms with Crippen molar-refractivity contribution in [3.05, 3.63) is 36.0 Å². The van der Waals surface area contributed by atoms with Gasteiger partial charge in [0, 0.05) is 38.3 Å². The van der Waals surface area contributed by atoms with E-state index in [-0.39, 0.29) is 35.8 Å². The van der Waals surface area contributed by atoms with E-state index in [2.05, 4.69) is 35.4 Å². The molecule has 166 valence electrons. The number of benzene rings is 1. The van der Waals surface area contributed by atoms with Gasteiger partial charge in [-0.05, 0) is 44.0 Å². The highest BCUT2D eigenvalue weighted by Gasteiger charge is 2.21. The van der Waals surface area contributed by atoms with Crippen LogP contribution >= 0.6 is 24.0 Å². The number of rotatable bonds is 7. The number of aliphatic imine (C=N–C) groups is 1. The highest BCUT2D eigenvalue weighted by atomic mass is 127. The van der Waals surface area contributed by atoms with Crippen molar-refractivity contribution in [3.63, 3.8) is 0 Å². The average molecular weight is 536 g/mol. The number of piperidine rings is 1. The first-order chi connectivity index (χ1) is 14.0. The predicted molar refractivity (Wildman–Crippen MR) is 121 cm³/mol. The number of hydrogen-bond acceptors (Lipinski definition) is 6. The van der Waals surface area contributed by atoms with Gasteiger partial charge >= 0.3 is 6.61 Å². The topological polar surface area (TPSA) is 87.8 Å². The number of aromatic nitrogens is 2. The Morgan fingerprint density at radius 2 is 2.13 bits per heavy atom. The van der Waals surface area contributed by atoms with Gasteiger partial charge in [-0.1, -0.05) is 5.16 Å². The number of anilines is 1. The molecule has 2 aromatic rings. The molecule has 1 atom stereocenters. The molecule has 11 heteroatoms. The maximum Gasteiger partial charge on any atom is 0.387 e. The van der Waals surface area contributed by atoms with Crippen LogP contribution in [0.5, 0.6) is 5.75 Å². The van der Waals surface area contributed by atoms with Gasteiger partial charge in [0.15, 0.2) is 11.8 Å². The van der Waals surface area contributed by atoms with E-state index in [9.17, 15) is 8.78 Å². The number of guanidine groups is 1. The average Bonchev–Trinajstić information content (AvgIpc) is 3.12. The molecule has 1 aliphatic heterocycles. The van der Waals surface area contributed by atoms with Gasteiger partial charge in [-0.25, -0.2) is 4.99 Å². The van der Waals surface area contributed by atoms with Gasteiger partial charge in [-0.2, -0.15) is 13.8 Å². The standard InChI is InChI=1S/C19H26F2N6O2.HI/c1-3-22-19(23-11-17-24-13(2)29-26-17)25-14-5-4-10-27(12-14)15-6-8-16(9-7-15)28-18(20)21;/h6-9,14,18H,3-5,10-12H2,1-2H3,(H2,22,23,25);1H. The monoisotopic (exact) mass is 536 g/mol. The number of aryl methyl sites for hydroxylation is 1. The van der Waals surface area contributed by atoms with Crippen LogP contribution < -0.4 is 20.3 Å². The third-order valence-electron chi connectivity index (χ3n) is 4.48. The first kappa shape index (κ1) is 24.1. The number of nitrogens with zero attached hydrogens (tertiary/aromatic N) is 4. The Labute approximate surface area is 191 Å². The molecule has 8 nitrogen and oxygen atoms in total. The van der Waals surface area contributed by atoms with E-state index < -0.39 is 6.61 Å². The van der Waals surface area contributed by atoms with Crippen LogP contribution in [0.15, 0.2) is 33.8 Å². The number of nitrogens with one attached hydrogen (secondary N) is 2. The predicted octanol–water partition coefficient (Wildman–Crippen LogP) is 3.32. The molecule has 0 radical (unpaired) electrons. The summed E-state index contributed by atoms with van der Waals surface area (Å²) in [4.78, 5) is 10.9. The Hall–Kier alpha value is -2.18. The molecule has 0 aliphatic carbocycles. The van der Waals surface area contributed by atoms with Crippen molar-refractivity contribution in [3.8, 4) is 5.75 Å².